The average molecular weight is 282 g/mol. The molecule has 0 amide bonds. The van der Waals surface area contributed by atoms with Crippen LogP contribution in [0.4, 0.5) is 0 Å². The number of hydrogen-bond donors (Lipinski definition) is 0. The highest BCUT2D eigenvalue weighted by atomic mass is 35.5. The van der Waals surface area contributed by atoms with Gasteiger partial charge in [0.1, 0.15) is 0 Å². The Kier molecular flexibility index (Phi) is 4.89. The highest BCUT2D eigenvalue weighted by Crippen LogP contribution is 2.26. The van der Waals surface area contributed by atoms with Crippen molar-refractivity contribution in [2.24, 2.45) is 11.3 Å². The van der Waals surface area contributed by atoms with Crippen LogP contribution in [0.5, 0.6) is 0 Å². The fourth-order valence-electron chi connectivity index (χ4n) is 1.81. The average Bonchev–Trinajstić information content (AvgIpc) is 2.18. The lowest BCUT2D eigenvalue weighted by molar-refractivity contribution is 0.290. The number of halogens is 1. The third kappa shape index (κ3) is 4.76. The van der Waals surface area contributed by atoms with Crippen LogP contribution in [0, 0.1) is 11.3 Å². The van der Waals surface area contributed by atoms with E-state index in [9.17, 15) is 8.42 Å². The maximum atomic E-state index is 12.2. The van der Waals surface area contributed by atoms with Crippen LogP contribution >= 0.6 is 11.6 Å². The minimum atomic E-state index is -3.12. The van der Waals surface area contributed by atoms with E-state index in [-0.39, 0.29) is 16.5 Å². The molecule has 0 aromatic rings. The summed E-state index contributed by atoms with van der Waals surface area (Å²) in [7, 11) is -3.12. The summed E-state index contributed by atoms with van der Waals surface area (Å²) in [6.07, 6.45) is 1.55. The van der Waals surface area contributed by atoms with E-state index < -0.39 is 10.0 Å². The number of rotatable bonds is 3. The van der Waals surface area contributed by atoms with E-state index in [0.29, 0.717) is 25.4 Å². The van der Waals surface area contributed by atoms with Crippen molar-refractivity contribution in [3.63, 3.8) is 0 Å². The summed E-state index contributed by atoms with van der Waals surface area (Å²) in [6, 6.07) is 0. The van der Waals surface area contributed by atoms with Crippen LogP contribution in [0.1, 0.15) is 40.5 Å². The molecule has 1 aliphatic heterocycles. The Balaban J connectivity index is 2.59. The van der Waals surface area contributed by atoms with Gasteiger partial charge >= 0.3 is 0 Å². The van der Waals surface area contributed by atoms with Crippen molar-refractivity contribution >= 4 is 21.6 Å². The molecule has 0 N–H and O–H groups in total. The van der Waals surface area contributed by atoms with Gasteiger partial charge in [-0.2, -0.15) is 0 Å². The molecule has 102 valence electrons. The lowest BCUT2D eigenvalue weighted by Crippen LogP contribution is -2.44. The number of nitrogens with zero attached hydrogens (tertiary/aromatic N) is 1. The quantitative estimate of drug-likeness (QED) is 0.746. The van der Waals surface area contributed by atoms with Gasteiger partial charge in [0.05, 0.1) is 5.75 Å². The topological polar surface area (TPSA) is 37.4 Å². The van der Waals surface area contributed by atoms with Gasteiger partial charge in [-0.1, -0.05) is 27.7 Å². The molecule has 0 aromatic carbocycles. The Morgan fingerprint density at radius 2 is 1.94 bits per heavy atom. The second-order valence-corrected chi connectivity index (χ2v) is 8.92. The molecule has 1 heterocycles. The maximum Gasteiger partial charge on any atom is 0.214 e. The summed E-state index contributed by atoms with van der Waals surface area (Å²) in [4.78, 5) is 0. The zero-order valence-electron chi connectivity index (χ0n) is 11.2. The van der Waals surface area contributed by atoms with Crippen LogP contribution in [0.25, 0.3) is 0 Å². The summed E-state index contributed by atoms with van der Waals surface area (Å²) < 4.78 is 25.9. The third-order valence-corrected chi connectivity index (χ3v) is 5.74. The summed E-state index contributed by atoms with van der Waals surface area (Å²) in [5, 5.41) is -0.0480. The van der Waals surface area contributed by atoms with E-state index in [1.807, 2.05) is 0 Å². The molecular formula is C12H24ClNO2S. The van der Waals surface area contributed by atoms with Crippen molar-refractivity contribution in [2.45, 2.75) is 45.9 Å². The molecular weight excluding hydrogens is 258 g/mol. The normalized spacial score (nSPS) is 28.3. The molecule has 5 heteroatoms. The molecule has 0 radical (unpaired) electrons. The zero-order chi connectivity index (χ0) is 13.3. The monoisotopic (exact) mass is 281 g/mol. The number of piperidine rings is 1. The van der Waals surface area contributed by atoms with Crippen molar-refractivity contribution < 1.29 is 8.42 Å². The predicted molar refractivity (Wildman–Crippen MR) is 72.9 cm³/mol. The molecule has 2 unspecified atom stereocenters. The lowest BCUT2D eigenvalue weighted by Gasteiger charge is -2.33. The molecule has 0 aromatic heterocycles. The lowest BCUT2D eigenvalue weighted by atomic mass is 9.94. The molecule has 1 aliphatic rings. The largest absolute Gasteiger partial charge is 0.214 e. The van der Waals surface area contributed by atoms with Crippen LogP contribution in [0.15, 0.2) is 0 Å². The molecule has 0 bridgehead atoms. The van der Waals surface area contributed by atoms with Crippen molar-refractivity contribution in [2.75, 3.05) is 18.8 Å². The number of alkyl halides is 1. The van der Waals surface area contributed by atoms with Crippen molar-refractivity contribution in [3.05, 3.63) is 0 Å². The predicted octanol–water partition coefficient (Wildman–Crippen LogP) is 2.70. The molecule has 1 fully saturated rings. The van der Waals surface area contributed by atoms with Gasteiger partial charge in [-0.25, -0.2) is 12.7 Å². The smallest absolute Gasteiger partial charge is 0.212 e. The van der Waals surface area contributed by atoms with Gasteiger partial charge in [-0.05, 0) is 24.2 Å². The number of sulfonamides is 1. The van der Waals surface area contributed by atoms with Crippen molar-refractivity contribution in [1.29, 1.82) is 0 Å². The molecule has 1 rings (SSSR count). The Labute approximate surface area is 111 Å². The van der Waals surface area contributed by atoms with Gasteiger partial charge in [0, 0.05) is 18.5 Å². The first kappa shape index (κ1) is 15.3. The molecule has 0 spiro atoms. The fraction of sp³-hybridized carbons (Fsp3) is 1.00. The fourth-order valence-corrected chi connectivity index (χ4v) is 4.09. The van der Waals surface area contributed by atoms with Crippen molar-refractivity contribution in [1.82, 2.24) is 4.31 Å². The zero-order valence-corrected chi connectivity index (χ0v) is 12.8. The standard InChI is InChI=1S/C12H24ClNO2S/c1-10-5-7-14(9-11(10)13)17(15,16)8-6-12(2,3)4/h10-11H,5-9H2,1-4H3. The molecule has 0 aliphatic carbocycles. The first-order valence-corrected chi connectivity index (χ1v) is 8.28. The Hall–Kier alpha value is 0.200. The first-order valence-electron chi connectivity index (χ1n) is 6.24. The van der Waals surface area contributed by atoms with E-state index in [4.69, 9.17) is 11.6 Å². The van der Waals surface area contributed by atoms with Crippen molar-refractivity contribution in [3.8, 4) is 0 Å². The second kappa shape index (κ2) is 5.45. The highest BCUT2D eigenvalue weighted by molar-refractivity contribution is 7.89. The van der Waals surface area contributed by atoms with E-state index >= 15 is 0 Å². The van der Waals surface area contributed by atoms with Crippen LogP contribution in [-0.2, 0) is 10.0 Å². The molecule has 0 saturated carbocycles. The van der Waals surface area contributed by atoms with Crippen LogP contribution < -0.4 is 0 Å². The van der Waals surface area contributed by atoms with E-state index in [1.54, 1.807) is 4.31 Å². The summed E-state index contributed by atoms with van der Waals surface area (Å²) in [5.41, 5.74) is 0.0521. The maximum absolute atomic E-state index is 12.2. The molecule has 17 heavy (non-hydrogen) atoms. The minimum Gasteiger partial charge on any atom is -0.212 e. The van der Waals surface area contributed by atoms with Crippen LogP contribution in [-0.4, -0.2) is 36.9 Å². The highest BCUT2D eigenvalue weighted by Gasteiger charge is 2.32. The molecule has 3 nitrogen and oxygen atoms in total. The van der Waals surface area contributed by atoms with Gasteiger partial charge in [-0.15, -0.1) is 11.6 Å². The van der Waals surface area contributed by atoms with Gasteiger partial charge < -0.3 is 0 Å². The first-order chi connectivity index (χ1) is 7.62. The van der Waals surface area contributed by atoms with E-state index in [2.05, 4.69) is 27.7 Å². The van der Waals surface area contributed by atoms with Gasteiger partial charge in [0.15, 0.2) is 0 Å². The SMILES string of the molecule is CC1CCN(S(=O)(=O)CCC(C)(C)C)CC1Cl. The summed E-state index contributed by atoms with van der Waals surface area (Å²) in [6.45, 7) is 9.35. The second-order valence-electron chi connectivity index (χ2n) is 6.27. The molecule has 2 atom stereocenters. The Morgan fingerprint density at radius 3 is 2.41 bits per heavy atom. The molecule has 1 saturated heterocycles. The number of hydrogen-bond acceptors (Lipinski definition) is 2. The van der Waals surface area contributed by atoms with Gasteiger partial charge in [0.2, 0.25) is 10.0 Å². The third-order valence-electron chi connectivity index (χ3n) is 3.33. The van der Waals surface area contributed by atoms with Crippen LogP contribution in [0.3, 0.4) is 0 Å². The Bertz CT molecular complexity index is 348. The van der Waals surface area contributed by atoms with Crippen LogP contribution in [0.2, 0.25) is 0 Å². The van der Waals surface area contributed by atoms with E-state index in [1.165, 1.54) is 0 Å². The van der Waals surface area contributed by atoms with E-state index in [0.717, 1.165) is 6.42 Å². The minimum absolute atomic E-state index is 0.0480. The Morgan fingerprint density at radius 1 is 1.35 bits per heavy atom. The van der Waals surface area contributed by atoms with Gasteiger partial charge in [0.25, 0.3) is 0 Å². The summed E-state index contributed by atoms with van der Waals surface area (Å²) in [5.74, 6) is 0.639. The van der Waals surface area contributed by atoms with Gasteiger partial charge in [-0.3, -0.25) is 0 Å². The summed E-state index contributed by atoms with van der Waals surface area (Å²) >= 11 is 6.15.